The quantitative estimate of drug-likeness (QED) is 0.118. The van der Waals surface area contributed by atoms with Gasteiger partial charge < -0.3 is 25.4 Å². The number of ether oxygens (including phenoxy) is 2. The van der Waals surface area contributed by atoms with Gasteiger partial charge in [0.25, 0.3) is 0 Å². The number of anilines is 2. The van der Waals surface area contributed by atoms with Crippen LogP contribution in [0.1, 0.15) is 46.1 Å². The van der Waals surface area contributed by atoms with Gasteiger partial charge in [-0.15, -0.1) is 0 Å². The molecule has 1 aromatic carbocycles. The lowest BCUT2D eigenvalue weighted by Crippen LogP contribution is -2.46. The molecule has 0 radical (unpaired) electrons. The molecule has 2 heterocycles. The summed E-state index contributed by atoms with van der Waals surface area (Å²) in [6.07, 6.45) is -3.98. The molecular formula is C27H32ClF5N6O3S. The second-order valence-corrected chi connectivity index (χ2v) is 10.5. The van der Waals surface area contributed by atoms with Gasteiger partial charge in [-0.1, -0.05) is 25.4 Å². The van der Waals surface area contributed by atoms with Gasteiger partial charge in [0.05, 0.1) is 35.2 Å². The van der Waals surface area contributed by atoms with Crippen LogP contribution in [0.3, 0.4) is 0 Å². The molecule has 16 heteroatoms. The maximum absolute atomic E-state index is 16.2. The molecule has 0 aliphatic carbocycles. The molecule has 43 heavy (non-hydrogen) atoms. The number of hydrogen-bond acceptors (Lipinski definition) is 9. The monoisotopic (exact) mass is 650 g/mol. The summed E-state index contributed by atoms with van der Waals surface area (Å²) in [5.41, 5.74) is 0.861. The predicted molar refractivity (Wildman–Crippen MR) is 158 cm³/mol. The van der Waals surface area contributed by atoms with Crippen molar-refractivity contribution in [2.45, 2.75) is 58.0 Å². The van der Waals surface area contributed by atoms with E-state index in [1.165, 1.54) is 7.11 Å². The lowest BCUT2D eigenvalue weighted by atomic mass is 10.0. The molecule has 3 rings (SSSR count). The predicted octanol–water partition coefficient (Wildman–Crippen LogP) is 6.38. The van der Waals surface area contributed by atoms with Crippen molar-refractivity contribution in [1.29, 1.82) is 0 Å². The van der Waals surface area contributed by atoms with Crippen molar-refractivity contribution in [3.63, 3.8) is 0 Å². The summed E-state index contributed by atoms with van der Waals surface area (Å²) in [7, 11) is 1.22. The van der Waals surface area contributed by atoms with E-state index >= 15 is 4.39 Å². The number of aromatic nitrogens is 3. The number of rotatable bonds is 12. The van der Waals surface area contributed by atoms with Crippen LogP contribution in [-0.2, 0) is 11.0 Å². The van der Waals surface area contributed by atoms with Crippen molar-refractivity contribution < 1.29 is 36.2 Å². The highest BCUT2D eigenvalue weighted by atomic mass is 35.5. The Kier molecular flexibility index (Phi) is 11.1. The summed E-state index contributed by atoms with van der Waals surface area (Å²) >= 11 is 10.1. The number of nitrogens with two attached hydrogens (primary N) is 1. The Hall–Kier alpha value is -3.33. The van der Waals surface area contributed by atoms with Gasteiger partial charge in [0.15, 0.2) is 11.6 Å². The molecule has 0 fully saturated rings. The first-order chi connectivity index (χ1) is 20.2. The molecule has 3 aromatic rings. The van der Waals surface area contributed by atoms with Gasteiger partial charge in [0, 0.05) is 24.7 Å². The first-order valence-corrected chi connectivity index (χ1v) is 14.3. The van der Waals surface area contributed by atoms with E-state index in [4.69, 9.17) is 26.8 Å². The zero-order chi connectivity index (χ0) is 32.2. The summed E-state index contributed by atoms with van der Waals surface area (Å²) in [4.78, 5) is 26.9. The smallest absolute Gasteiger partial charge is 0.418 e. The average molecular weight is 651 g/mol. The fourth-order valence-electron chi connectivity index (χ4n) is 4.38. The standard InChI is InChI=1S/C27H32ClF5N6O3S/c1-6-9-39(25(40)15(43)7-2)12(4)11-35-23-16-22(37-26(38-23)41-5)20(30)21(36-24(16)42-8-3)13-10-14(34)19(29)18(28)17(13)27(31,32)33/h10,12,15,43H,6-9,11,34H2,1-5H3,(H,35,37,38). The minimum Gasteiger partial charge on any atom is -0.477 e. The number of amides is 1. The second kappa shape index (κ2) is 14.0. The largest absolute Gasteiger partial charge is 0.477 e. The van der Waals surface area contributed by atoms with Crippen molar-refractivity contribution >= 4 is 52.5 Å². The molecule has 0 spiro atoms. The number of thiol groups is 1. The SMILES string of the molecule is CCCN(C(=O)C(S)CC)C(C)CNc1nc(OC)nc2c(F)c(-c3cc(N)c(F)c(Cl)c3C(F)(F)F)nc(OCC)c12. The van der Waals surface area contributed by atoms with E-state index in [2.05, 4.69) is 32.9 Å². The van der Waals surface area contributed by atoms with Crippen molar-refractivity contribution in [1.82, 2.24) is 19.9 Å². The fourth-order valence-corrected chi connectivity index (χ4v) is 4.84. The molecule has 1 amide bonds. The summed E-state index contributed by atoms with van der Waals surface area (Å²) in [6, 6.07) is -0.103. The van der Waals surface area contributed by atoms with Gasteiger partial charge in [-0.25, -0.2) is 13.8 Å². The third kappa shape index (κ3) is 7.08. The lowest BCUT2D eigenvalue weighted by molar-refractivity contribution is -0.137. The molecule has 0 aliphatic heterocycles. The Bertz CT molecular complexity index is 1500. The maximum atomic E-state index is 16.2. The first kappa shape index (κ1) is 34.2. The molecule has 3 N–H and O–H groups in total. The van der Waals surface area contributed by atoms with E-state index < -0.39 is 56.1 Å². The van der Waals surface area contributed by atoms with Gasteiger partial charge in [0.1, 0.15) is 22.4 Å². The van der Waals surface area contributed by atoms with Crippen molar-refractivity contribution in [3.8, 4) is 23.1 Å². The summed E-state index contributed by atoms with van der Waals surface area (Å²) in [6.45, 7) is 7.73. The Morgan fingerprint density at radius 1 is 1.19 bits per heavy atom. The highest BCUT2D eigenvalue weighted by molar-refractivity contribution is 7.81. The van der Waals surface area contributed by atoms with Gasteiger partial charge in [-0.2, -0.15) is 35.8 Å². The van der Waals surface area contributed by atoms with E-state index in [-0.39, 0.29) is 48.2 Å². The van der Waals surface area contributed by atoms with Crippen LogP contribution in [0.25, 0.3) is 22.2 Å². The van der Waals surface area contributed by atoms with E-state index in [1.807, 2.05) is 13.8 Å². The van der Waals surface area contributed by atoms with E-state index in [0.717, 1.165) is 0 Å². The molecule has 2 aromatic heterocycles. The number of nitrogens with one attached hydrogen (secondary N) is 1. The molecule has 2 unspecified atom stereocenters. The van der Waals surface area contributed by atoms with Crippen LogP contribution in [0.2, 0.25) is 5.02 Å². The number of pyridine rings is 1. The van der Waals surface area contributed by atoms with E-state index in [1.54, 1.807) is 18.7 Å². The van der Waals surface area contributed by atoms with Crippen LogP contribution in [0.5, 0.6) is 11.9 Å². The molecule has 0 bridgehead atoms. The normalized spacial score (nSPS) is 13.1. The molecular weight excluding hydrogens is 619 g/mol. The van der Waals surface area contributed by atoms with Crippen LogP contribution >= 0.6 is 24.2 Å². The highest BCUT2D eigenvalue weighted by Crippen LogP contribution is 2.46. The fraction of sp³-hybridized carbons (Fsp3) is 0.481. The third-order valence-corrected chi connectivity index (χ3v) is 7.43. The second-order valence-electron chi connectivity index (χ2n) is 9.49. The minimum atomic E-state index is -5.20. The number of nitrogens with zero attached hydrogens (tertiary/aromatic N) is 4. The first-order valence-electron chi connectivity index (χ1n) is 13.4. The van der Waals surface area contributed by atoms with Crippen molar-refractivity contribution in [2.24, 2.45) is 0 Å². The van der Waals surface area contributed by atoms with E-state index in [9.17, 15) is 22.4 Å². The summed E-state index contributed by atoms with van der Waals surface area (Å²) in [5, 5.41) is 1.12. The molecule has 236 valence electrons. The van der Waals surface area contributed by atoms with Gasteiger partial charge >= 0.3 is 12.2 Å². The van der Waals surface area contributed by atoms with Gasteiger partial charge in [0.2, 0.25) is 11.8 Å². The average Bonchev–Trinajstić information content (AvgIpc) is 2.96. The number of halogens is 6. The van der Waals surface area contributed by atoms with Crippen LogP contribution < -0.4 is 20.5 Å². The van der Waals surface area contributed by atoms with E-state index in [0.29, 0.717) is 25.5 Å². The molecule has 9 nitrogen and oxygen atoms in total. The Morgan fingerprint density at radius 3 is 2.42 bits per heavy atom. The van der Waals surface area contributed by atoms with Crippen molar-refractivity contribution in [3.05, 3.63) is 28.3 Å². The van der Waals surface area contributed by atoms with Gasteiger partial charge in [-0.3, -0.25) is 4.79 Å². The molecule has 2 atom stereocenters. The number of methoxy groups -OCH3 is 1. The topological polar surface area (TPSA) is 115 Å². The summed E-state index contributed by atoms with van der Waals surface area (Å²) < 4.78 is 83.4. The number of carbonyl (C=O) groups excluding carboxylic acids is 1. The van der Waals surface area contributed by atoms with Gasteiger partial charge in [-0.05, 0) is 32.8 Å². The maximum Gasteiger partial charge on any atom is 0.418 e. The Labute approximate surface area is 255 Å². The number of nitrogen functional groups attached to an aromatic ring is 1. The number of hydrogen-bond donors (Lipinski definition) is 3. The minimum absolute atomic E-state index is 0.00962. The molecule has 0 saturated carbocycles. The molecule has 0 saturated heterocycles. The molecule has 0 aliphatic rings. The Morgan fingerprint density at radius 2 is 1.86 bits per heavy atom. The number of carbonyl (C=O) groups is 1. The third-order valence-electron chi connectivity index (χ3n) is 6.48. The van der Waals surface area contributed by atoms with Crippen LogP contribution in [0.4, 0.5) is 33.5 Å². The lowest BCUT2D eigenvalue weighted by Gasteiger charge is -2.31. The summed E-state index contributed by atoms with van der Waals surface area (Å²) in [5.74, 6) is -3.30. The van der Waals surface area contributed by atoms with Crippen LogP contribution in [0.15, 0.2) is 6.07 Å². The van der Waals surface area contributed by atoms with Crippen LogP contribution in [-0.4, -0.2) is 63.9 Å². The van der Waals surface area contributed by atoms with Crippen molar-refractivity contribution in [2.75, 3.05) is 37.9 Å². The number of fused-ring (bicyclic) bond motifs is 1. The highest BCUT2D eigenvalue weighted by Gasteiger charge is 2.40. The number of alkyl halides is 3. The van der Waals surface area contributed by atoms with Crippen LogP contribution in [0, 0.1) is 11.6 Å². The Balaban J connectivity index is 2.24. The number of benzene rings is 1. The zero-order valence-electron chi connectivity index (χ0n) is 24.1. The zero-order valence-corrected chi connectivity index (χ0v) is 25.7.